The molecule has 3 saturated heterocycles. The number of anilines is 1. The fraction of sp³-hybridized carbons (Fsp3) is 0.482. The monoisotopic (exact) mass is 982 g/mol. The lowest BCUT2D eigenvalue weighted by Gasteiger charge is -2.41. The Morgan fingerprint density at radius 3 is 2.46 bits per heavy atom. The van der Waals surface area contributed by atoms with Crippen LogP contribution < -0.4 is 30.7 Å². The average molecular weight is 983 g/mol. The zero-order chi connectivity index (χ0) is 50.6. The molecule has 5 aromatic rings. The van der Waals surface area contributed by atoms with E-state index in [9.17, 15) is 19.2 Å². The van der Waals surface area contributed by atoms with Crippen LogP contribution in [0.2, 0.25) is 0 Å². The number of amides is 5. The van der Waals surface area contributed by atoms with Crippen LogP contribution in [-0.4, -0.2) is 102 Å². The predicted octanol–water partition coefficient (Wildman–Crippen LogP) is 7.89. The molecule has 5 amide bonds. The highest BCUT2D eigenvalue weighted by atomic mass is 19.1. The summed E-state index contributed by atoms with van der Waals surface area (Å²) in [6.45, 7) is 11.1. The van der Waals surface area contributed by atoms with Crippen molar-refractivity contribution in [1.29, 1.82) is 0 Å². The minimum Gasteiger partial charge on any atom is -0.494 e. The van der Waals surface area contributed by atoms with Gasteiger partial charge < -0.3 is 30.3 Å². The fourth-order valence-corrected chi connectivity index (χ4v) is 12.6. The van der Waals surface area contributed by atoms with Crippen molar-refractivity contribution in [2.24, 2.45) is 30.5 Å². The number of imide groups is 1. The third kappa shape index (κ3) is 8.93. The molecule has 1 saturated carbocycles. The summed E-state index contributed by atoms with van der Waals surface area (Å²) in [5, 5.41) is 11.7. The molecule has 378 valence electrons. The molecule has 1 aliphatic carbocycles. The van der Waals surface area contributed by atoms with Gasteiger partial charge in [0.15, 0.2) is 23.0 Å². The number of aryl methyl sites for hydroxylation is 1. The Bertz CT molecular complexity index is 2910. The number of aromatic nitrogens is 2. The first-order chi connectivity index (χ1) is 34.6. The number of fused-ring (bicyclic) bond motifs is 2. The predicted molar refractivity (Wildman–Crippen MR) is 269 cm³/mol. The van der Waals surface area contributed by atoms with E-state index >= 15 is 8.78 Å². The van der Waals surface area contributed by atoms with Gasteiger partial charge in [0.05, 0.1) is 18.2 Å². The second kappa shape index (κ2) is 19.8. The topological polar surface area (TPSA) is 164 Å². The summed E-state index contributed by atoms with van der Waals surface area (Å²) >= 11 is 0. The summed E-state index contributed by atoms with van der Waals surface area (Å²) in [4.78, 5) is 57.4. The van der Waals surface area contributed by atoms with Crippen molar-refractivity contribution in [3.8, 4) is 22.6 Å². The Morgan fingerprint density at radius 2 is 1.76 bits per heavy atom. The van der Waals surface area contributed by atoms with Crippen molar-refractivity contribution in [2.45, 2.75) is 95.6 Å². The molecule has 14 nitrogen and oxygen atoms in total. The van der Waals surface area contributed by atoms with Crippen LogP contribution in [0.15, 0.2) is 54.6 Å². The molecular formula is C56H64F2N8O6. The van der Waals surface area contributed by atoms with E-state index in [4.69, 9.17) is 15.2 Å². The highest BCUT2D eigenvalue weighted by Crippen LogP contribution is 2.55. The maximum absolute atomic E-state index is 16.3. The second-order valence-electron chi connectivity index (χ2n) is 20.9. The molecule has 5 aliphatic rings. The van der Waals surface area contributed by atoms with Gasteiger partial charge in [-0.25, -0.2) is 13.6 Å². The number of methoxy groups -OCH3 is 1. The Hall–Kier alpha value is -6.57. The summed E-state index contributed by atoms with van der Waals surface area (Å²) in [7, 11) is 3.23. The Kier molecular flexibility index (Phi) is 13.5. The van der Waals surface area contributed by atoms with E-state index in [1.807, 2.05) is 30.8 Å². The zero-order valence-electron chi connectivity index (χ0n) is 41.8. The van der Waals surface area contributed by atoms with Crippen molar-refractivity contribution < 1.29 is 37.4 Å². The number of nitrogens with zero attached hydrogens (tertiary/aromatic N) is 5. The molecule has 4 N–H and O–H groups in total. The number of primary amides is 1. The molecule has 0 spiro atoms. The molecule has 0 bridgehead atoms. The van der Waals surface area contributed by atoms with Gasteiger partial charge in [-0.15, -0.1) is 0 Å². The van der Waals surface area contributed by atoms with Crippen molar-refractivity contribution >= 4 is 40.5 Å². The van der Waals surface area contributed by atoms with Gasteiger partial charge in [-0.05, 0) is 129 Å². The van der Waals surface area contributed by atoms with Gasteiger partial charge in [0.25, 0.3) is 0 Å². The molecule has 16 heteroatoms. The van der Waals surface area contributed by atoms with E-state index in [1.165, 1.54) is 30.9 Å². The number of carbonyl (C=O) groups excluding carboxylic acids is 4. The number of hydrogen-bond donors (Lipinski definition) is 3. The smallest absolute Gasteiger partial charge is 0.329 e. The largest absolute Gasteiger partial charge is 0.494 e. The van der Waals surface area contributed by atoms with Crippen LogP contribution in [0.5, 0.6) is 11.5 Å². The van der Waals surface area contributed by atoms with Crippen molar-refractivity contribution in [1.82, 2.24) is 30.2 Å². The highest BCUT2D eigenvalue weighted by Gasteiger charge is 2.51. The third-order valence-electron chi connectivity index (χ3n) is 16.7. The van der Waals surface area contributed by atoms with Crippen molar-refractivity contribution in [2.75, 3.05) is 57.8 Å². The standard InChI is InChI=1S/C56H64F2N8O6/c1-32-29-64(23-21-40(32)37-13-16-41-44(27-37)63(4)62-53(41)66-26-22-47(67)61-55(66)70)30-35-19-24-65(25-20-35)54(69)36-11-14-39(15-12-36)60-31-56(38-9-7-6-8-10-38)34(3)49-46(72-56)28-43(57)33(2)48(49)50-42(52(59)68)17-18-45(71-5)51(50)58/h6-7,9,13,16-18,27-28,32,34-36,39-40,60H,11-12,14-15,19-26,29-31H2,1-5H3,(H2,59,68)(H,61,67,70). The summed E-state index contributed by atoms with van der Waals surface area (Å²) in [6, 6.07) is 22.0. The number of urea groups is 1. The highest BCUT2D eigenvalue weighted by molar-refractivity contribution is 6.09. The summed E-state index contributed by atoms with van der Waals surface area (Å²) < 4.78 is 46.2. The van der Waals surface area contributed by atoms with Crippen LogP contribution in [0.3, 0.4) is 0 Å². The summed E-state index contributed by atoms with van der Waals surface area (Å²) in [6.07, 6.45) is 6.43. The lowest BCUT2D eigenvalue weighted by atomic mass is 9.76. The van der Waals surface area contributed by atoms with Gasteiger partial charge >= 0.3 is 6.03 Å². The van der Waals surface area contributed by atoms with Gasteiger partial charge in [-0.1, -0.05) is 38.1 Å². The molecular weight excluding hydrogens is 919 g/mol. The zero-order valence-corrected chi connectivity index (χ0v) is 41.8. The minimum atomic E-state index is -1.09. The van der Waals surface area contributed by atoms with Crippen molar-refractivity contribution in [3.05, 3.63) is 106 Å². The first-order valence-electron chi connectivity index (χ1n) is 25.6. The first-order valence-corrected chi connectivity index (χ1v) is 25.6. The van der Waals surface area contributed by atoms with Crippen LogP contribution in [0.1, 0.15) is 110 Å². The van der Waals surface area contributed by atoms with E-state index < -0.39 is 35.1 Å². The van der Waals surface area contributed by atoms with E-state index in [-0.39, 0.29) is 63.9 Å². The number of hydrogen-bond acceptors (Lipinski definition) is 9. The minimum absolute atomic E-state index is 0.0331. The van der Waals surface area contributed by atoms with Gasteiger partial charge in [-0.2, -0.15) is 5.10 Å². The normalized spacial score (nSPS) is 25.0. The third-order valence-corrected chi connectivity index (χ3v) is 16.7. The molecule has 4 aliphatic heterocycles. The Morgan fingerprint density at radius 1 is 0.986 bits per heavy atom. The summed E-state index contributed by atoms with van der Waals surface area (Å²) in [5.74, 6) is -0.667. The Balaban J connectivity index is 0.733. The maximum Gasteiger partial charge on any atom is 0.329 e. The van der Waals surface area contributed by atoms with Crippen LogP contribution in [-0.2, 0) is 22.2 Å². The lowest BCUT2D eigenvalue weighted by Crippen LogP contribution is -2.49. The number of ether oxygens (including phenoxy) is 2. The summed E-state index contributed by atoms with van der Waals surface area (Å²) in [5.41, 5.74) is 8.35. The van der Waals surface area contributed by atoms with E-state index in [0.717, 1.165) is 88.6 Å². The average Bonchev–Trinajstić information content (AvgIpc) is 3.85. The lowest BCUT2D eigenvalue weighted by molar-refractivity contribution is -0.138. The van der Waals surface area contributed by atoms with E-state index in [0.29, 0.717) is 47.8 Å². The molecule has 0 radical (unpaired) electrons. The van der Waals surface area contributed by atoms with E-state index in [2.05, 4.69) is 62.8 Å². The van der Waals surface area contributed by atoms with Gasteiger partial charge in [0.2, 0.25) is 17.7 Å². The molecule has 1 aromatic heterocycles. The first kappa shape index (κ1) is 49.0. The van der Waals surface area contributed by atoms with Crippen LogP contribution in [0.4, 0.5) is 19.4 Å². The number of carbonyl (C=O) groups is 4. The number of nitrogens with two attached hydrogens (primary N) is 1. The number of benzene rings is 3. The molecule has 10 rings (SSSR count). The molecule has 4 atom stereocenters. The van der Waals surface area contributed by atoms with Crippen LogP contribution in [0.25, 0.3) is 22.0 Å². The van der Waals surface area contributed by atoms with E-state index in [1.54, 1.807) is 17.9 Å². The number of piperidine rings is 2. The molecule has 4 fully saturated rings. The Labute approximate surface area is 419 Å². The van der Waals surface area contributed by atoms with Crippen LogP contribution in [0, 0.1) is 48.4 Å². The molecule has 4 aromatic carbocycles. The maximum atomic E-state index is 16.3. The number of rotatable bonds is 12. The van der Waals surface area contributed by atoms with Crippen LogP contribution >= 0.6 is 0 Å². The number of likely N-dealkylation sites (tertiary alicyclic amines) is 2. The van der Waals surface area contributed by atoms with Gasteiger partial charge in [0, 0.05) is 98.8 Å². The molecule has 5 heterocycles. The molecule has 4 unspecified atom stereocenters. The fourth-order valence-electron chi connectivity index (χ4n) is 12.6. The number of nitrogens with one attached hydrogen (secondary N) is 2. The SMILES string of the molecule is COc1ccc(C(N)=O)c(-c2c(C)c(F)cc3c2C(C)C(CNC2CCC(C(=O)N4CCC(CN5CCC(c6ccc7c(N8CCC(=O)NC8=O)nn(C)c7c6)C(C)C5)CC4)CC2)(c2c#cccc2)O3)c1F. The van der Waals surface area contributed by atoms with Gasteiger partial charge in [0.1, 0.15) is 11.6 Å². The second-order valence-corrected chi connectivity index (χ2v) is 20.9. The van der Waals surface area contributed by atoms with Crippen molar-refractivity contribution in [3.63, 3.8) is 0 Å². The number of halogens is 2. The quantitative estimate of drug-likeness (QED) is 0.113. The van der Waals surface area contributed by atoms with Gasteiger partial charge in [-0.3, -0.25) is 29.3 Å². The molecule has 72 heavy (non-hydrogen) atoms.